The summed E-state index contributed by atoms with van der Waals surface area (Å²) in [5.41, 5.74) is 0.456. The van der Waals surface area contributed by atoms with Crippen LogP contribution in [0.1, 0.15) is 31.7 Å². The lowest BCUT2D eigenvalue weighted by Gasteiger charge is -2.23. The van der Waals surface area contributed by atoms with E-state index in [9.17, 15) is 14.7 Å². The highest BCUT2D eigenvalue weighted by molar-refractivity contribution is 9.10. The number of aliphatic carboxylic acids is 1. The number of carboxylic acids is 1. The highest BCUT2D eigenvalue weighted by Gasteiger charge is 2.46. The van der Waals surface area contributed by atoms with Gasteiger partial charge in [0, 0.05) is 29.5 Å². The molecule has 1 aromatic rings. The molecule has 1 atom stereocenters. The molecule has 6 heteroatoms. The molecule has 1 aromatic carbocycles. The average Bonchev–Trinajstić information content (AvgIpc) is 3.20. The van der Waals surface area contributed by atoms with Crippen LogP contribution in [0, 0.1) is 5.41 Å². The first-order chi connectivity index (χ1) is 10.8. The largest absolute Gasteiger partial charge is 0.481 e. The van der Waals surface area contributed by atoms with E-state index in [0.29, 0.717) is 19.5 Å². The van der Waals surface area contributed by atoms with Crippen LogP contribution < -0.4 is 5.32 Å². The Morgan fingerprint density at radius 3 is 2.65 bits per heavy atom. The van der Waals surface area contributed by atoms with Crippen molar-refractivity contribution in [2.45, 2.75) is 31.6 Å². The summed E-state index contributed by atoms with van der Waals surface area (Å²) in [5.74, 6) is -0.833. The molecule has 0 bridgehead atoms. The molecular formula is C17H21BrN2O3. The Kier molecular flexibility index (Phi) is 4.12. The van der Waals surface area contributed by atoms with Crippen LogP contribution in [0.3, 0.4) is 0 Å². The lowest BCUT2D eigenvalue weighted by atomic mass is 9.90. The Morgan fingerprint density at radius 1 is 1.35 bits per heavy atom. The van der Waals surface area contributed by atoms with Crippen LogP contribution in [0.25, 0.3) is 0 Å². The molecule has 0 aromatic heterocycles. The fourth-order valence-corrected chi connectivity index (χ4v) is 3.60. The molecule has 2 aliphatic rings. The van der Waals surface area contributed by atoms with Crippen molar-refractivity contribution in [1.29, 1.82) is 0 Å². The van der Waals surface area contributed by atoms with Gasteiger partial charge in [0.15, 0.2) is 0 Å². The van der Waals surface area contributed by atoms with Crippen LogP contribution >= 0.6 is 15.9 Å². The summed E-state index contributed by atoms with van der Waals surface area (Å²) >= 11 is 3.49. The maximum Gasteiger partial charge on any atom is 0.317 e. The van der Waals surface area contributed by atoms with E-state index in [-0.39, 0.29) is 18.0 Å². The number of nitrogens with zero attached hydrogens (tertiary/aromatic N) is 1. The number of hydrogen-bond donors (Lipinski definition) is 2. The van der Waals surface area contributed by atoms with Gasteiger partial charge in [0.2, 0.25) is 0 Å². The van der Waals surface area contributed by atoms with Gasteiger partial charge in [-0.15, -0.1) is 0 Å². The number of benzene rings is 1. The number of nitrogens with one attached hydrogen (secondary N) is 1. The molecule has 2 N–H and O–H groups in total. The molecule has 1 aliphatic heterocycles. The third-order valence-electron chi connectivity index (χ3n) is 5.15. The summed E-state index contributed by atoms with van der Waals surface area (Å²) in [7, 11) is 0. The van der Waals surface area contributed by atoms with Crippen LogP contribution in [0.4, 0.5) is 4.79 Å². The minimum atomic E-state index is -0.833. The molecule has 1 heterocycles. The number of carbonyl (C=O) groups is 2. The van der Waals surface area contributed by atoms with Crippen LogP contribution in [0.2, 0.25) is 0 Å². The minimum Gasteiger partial charge on any atom is -0.481 e. The van der Waals surface area contributed by atoms with Gasteiger partial charge in [0.1, 0.15) is 0 Å². The SMILES string of the molecule is CC1(C(=O)O)CCN(C(=O)NCC2(c3cccc(Br)c3)CC2)C1. The Balaban J connectivity index is 1.59. The molecule has 2 amide bonds. The Hall–Kier alpha value is -1.56. The summed E-state index contributed by atoms with van der Waals surface area (Å²) in [4.78, 5) is 25.2. The summed E-state index contributed by atoms with van der Waals surface area (Å²) in [6.07, 6.45) is 2.64. The van der Waals surface area contributed by atoms with Crippen molar-refractivity contribution in [3.8, 4) is 0 Å². The third-order valence-corrected chi connectivity index (χ3v) is 5.64. The number of likely N-dealkylation sites (tertiary alicyclic amines) is 1. The summed E-state index contributed by atoms with van der Waals surface area (Å²) in [5, 5.41) is 12.3. The topological polar surface area (TPSA) is 69.6 Å². The first-order valence-corrected chi connectivity index (χ1v) is 8.66. The van der Waals surface area contributed by atoms with Gasteiger partial charge in [-0.25, -0.2) is 4.79 Å². The predicted octanol–water partition coefficient (Wildman–Crippen LogP) is 2.99. The Labute approximate surface area is 144 Å². The molecule has 1 aliphatic carbocycles. The molecule has 1 saturated heterocycles. The molecule has 0 spiro atoms. The van der Waals surface area contributed by atoms with Gasteiger partial charge >= 0.3 is 12.0 Å². The van der Waals surface area contributed by atoms with Gasteiger partial charge in [0.05, 0.1) is 5.41 Å². The molecule has 1 saturated carbocycles. The first kappa shape index (κ1) is 16.3. The second-order valence-corrected chi connectivity index (χ2v) is 7.90. The summed E-state index contributed by atoms with van der Waals surface area (Å²) in [6, 6.07) is 8.06. The van der Waals surface area contributed by atoms with E-state index in [2.05, 4.69) is 33.4 Å². The van der Waals surface area contributed by atoms with Gasteiger partial charge in [0.25, 0.3) is 0 Å². The number of urea groups is 1. The van der Waals surface area contributed by atoms with E-state index in [1.165, 1.54) is 5.56 Å². The minimum absolute atomic E-state index is 0.0370. The normalized spacial score (nSPS) is 25.2. The molecule has 2 fully saturated rings. The van der Waals surface area contributed by atoms with E-state index in [1.54, 1.807) is 11.8 Å². The van der Waals surface area contributed by atoms with Crippen LogP contribution in [0.5, 0.6) is 0 Å². The maximum atomic E-state index is 12.3. The lowest BCUT2D eigenvalue weighted by Crippen LogP contribution is -2.43. The number of carboxylic acid groups (broad SMARTS) is 1. The molecule has 1 unspecified atom stereocenters. The van der Waals surface area contributed by atoms with Crippen LogP contribution in [0.15, 0.2) is 28.7 Å². The second kappa shape index (κ2) is 5.82. The van der Waals surface area contributed by atoms with Crippen molar-refractivity contribution in [3.63, 3.8) is 0 Å². The van der Waals surface area contributed by atoms with Crippen molar-refractivity contribution in [1.82, 2.24) is 10.2 Å². The first-order valence-electron chi connectivity index (χ1n) is 7.87. The van der Waals surface area contributed by atoms with Gasteiger partial charge in [-0.05, 0) is 43.9 Å². The molecular weight excluding hydrogens is 360 g/mol. The summed E-state index contributed by atoms with van der Waals surface area (Å²) in [6.45, 7) is 3.08. The van der Waals surface area contributed by atoms with Crippen molar-refractivity contribution in [3.05, 3.63) is 34.3 Å². The zero-order valence-corrected chi connectivity index (χ0v) is 14.7. The number of rotatable bonds is 4. The predicted molar refractivity (Wildman–Crippen MR) is 90.4 cm³/mol. The van der Waals surface area contributed by atoms with E-state index < -0.39 is 11.4 Å². The number of halogens is 1. The van der Waals surface area contributed by atoms with Crippen molar-refractivity contribution in [2.75, 3.05) is 19.6 Å². The number of amides is 2. The maximum absolute atomic E-state index is 12.3. The van der Waals surface area contributed by atoms with Gasteiger partial charge in [-0.1, -0.05) is 28.1 Å². The van der Waals surface area contributed by atoms with E-state index in [0.717, 1.165) is 17.3 Å². The third kappa shape index (κ3) is 3.22. The number of hydrogen-bond acceptors (Lipinski definition) is 2. The Bertz CT molecular complexity index is 644. The van der Waals surface area contributed by atoms with E-state index in [4.69, 9.17) is 0 Å². The van der Waals surface area contributed by atoms with Crippen molar-refractivity contribution < 1.29 is 14.7 Å². The fourth-order valence-electron chi connectivity index (χ4n) is 3.20. The smallest absolute Gasteiger partial charge is 0.317 e. The van der Waals surface area contributed by atoms with E-state index in [1.807, 2.05) is 12.1 Å². The summed E-state index contributed by atoms with van der Waals surface area (Å²) < 4.78 is 1.05. The van der Waals surface area contributed by atoms with Gasteiger partial charge in [-0.3, -0.25) is 4.79 Å². The van der Waals surface area contributed by atoms with Crippen molar-refractivity contribution >= 4 is 27.9 Å². The monoisotopic (exact) mass is 380 g/mol. The number of carbonyl (C=O) groups excluding carboxylic acids is 1. The van der Waals surface area contributed by atoms with E-state index >= 15 is 0 Å². The zero-order valence-electron chi connectivity index (χ0n) is 13.1. The molecule has 0 radical (unpaired) electrons. The molecule has 3 rings (SSSR count). The van der Waals surface area contributed by atoms with Gasteiger partial charge < -0.3 is 15.3 Å². The lowest BCUT2D eigenvalue weighted by molar-refractivity contribution is -0.146. The highest BCUT2D eigenvalue weighted by atomic mass is 79.9. The van der Waals surface area contributed by atoms with Gasteiger partial charge in [-0.2, -0.15) is 0 Å². The standard InChI is InChI=1S/C17H21BrN2O3/c1-16(14(21)22)7-8-20(11-16)15(23)19-10-17(5-6-17)12-3-2-4-13(18)9-12/h2-4,9H,5-8,10-11H2,1H3,(H,19,23)(H,21,22). The highest BCUT2D eigenvalue weighted by Crippen LogP contribution is 2.48. The second-order valence-electron chi connectivity index (χ2n) is 6.99. The molecule has 5 nitrogen and oxygen atoms in total. The van der Waals surface area contributed by atoms with Crippen molar-refractivity contribution in [2.24, 2.45) is 5.41 Å². The average molecular weight is 381 g/mol. The fraction of sp³-hybridized carbons (Fsp3) is 0.529. The van der Waals surface area contributed by atoms with Crippen LogP contribution in [-0.2, 0) is 10.2 Å². The van der Waals surface area contributed by atoms with Crippen LogP contribution in [-0.4, -0.2) is 41.6 Å². The Morgan fingerprint density at radius 2 is 2.09 bits per heavy atom. The zero-order chi connectivity index (χ0) is 16.7. The molecule has 23 heavy (non-hydrogen) atoms. The quantitative estimate of drug-likeness (QED) is 0.843. The molecule has 124 valence electrons.